The monoisotopic (exact) mass is 642 g/mol. The summed E-state index contributed by atoms with van der Waals surface area (Å²) in [6.45, 7) is 19.5. The van der Waals surface area contributed by atoms with Crippen LogP contribution in [0.1, 0.15) is 125 Å². The van der Waals surface area contributed by atoms with E-state index in [1.807, 2.05) is 0 Å². The van der Waals surface area contributed by atoms with Crippen molar-refractivity contribution in [3.05, 3.63) is 47.5 Å². The number of ketones is 1. The van der Waals surface area contributed by atoms with Gasteiger partial charge in [0.15, 0.2) is 5.78 Å². The van der Waals surface area contributed by atoms with Crippen LogP contribution >= 0.6 is 0 Å². The van der Waals surface area contributed by atoms with E-state index in [9.17, 15) is 14.7 Å². The summed E-state index contributed by atoms with van der Waals surface area (Å²) in [4.78, 5) is 31.3. The molecule has 1 saturated heterocycles. The Kier molecular flexibility index (Phi) is 8.04. The van der Waals surface area contributed by atoms with E-state index in [-0.39, 0.29) is 57.0 Å². The van der Waals surface area contributed by atoms with Crippen LogP contribution in [0.15, 0.2) is 42.0 Å². The van der Waals surface area contributed by atoms with Crippen LogP contribution < -0.4 is 5.32 Å². The largest absolute Gasteiger partial charge is 0.393 e. The number of nitrogens with one attached hydrogen (secondary N) is 1. The van der Waals surface area contributed by atoms with Crippen LogP contribution in [0.5, 0.6) is 0 Å². The number of carbonyl (C=O) groups excluding carboxylic acids is 2. The van der Waals surface area contributed by atoms with Crippen LogP contribution in [0.2, 0.25) is 0 Å². The van der Waals surface area contributed by atoms with E-state index >= 15 is 0 Å². The standard InChI is InChI=1S/C42H62N2O3/c1-37(2)33-13-18-42(7)35(40(33,5)17-14-34(37)46)32(45)25-30-31-26-39(4,20-19-38(31,3)21-22-41(30,42)6)36(47)43-29-15-23-44(24-16-29)27-28-11-9-8-10-12-28/h8-12,25,29,31,33-35,46H,13-24,26-27H2,1-7H3,(H,43,47)/t31-,33-,34-,35+,38+,39-,40-,41+,42+/m0/s1. The third-order valence-electron chi connectivity index (χ3n) is 16.3. The summed E-state index contributed by atoms with van der Waals surface area (Å²) in [5, 5.41) is 14.6. The number of piperidine rings is 1. The smallest absolute Gasteiger partial charge is 0.226 e. The number of aliphatic hydroxyl groups excluding tert-OH is 1. The number of likely N-dealkylation sites (tertiary alicyclic amines) is 1. The molecular formula is C42H62N2O3. The van der Waals surface area contributed by atoms with Crippen LogP contribution in [-0.2, 0) is 16.1 Å². The highest BCUT2D eigenvalue weighted by Gasteiger charge is 2.70. The second-order valence-electron chi connectivity index (χ2n) is 19.1. The lowest BCUT2D eigenvalue weighted by atomic mass is 9.33. The van der Waals surface area contributed by atoms with Gasteiger partial charge >= 0.3 is 0 Å². The Bertz CT molecular complexity index is 1430. The van der Waals surface area contributed by atoms with E-state index in [4.69, 9.17) is 0 Å². The van der Waals surface area contributed by atoms with Gasteiger partial charge in [0.25, 0.3) is 0 Å². The number of hydrogen-bond acceptors (Lipinski definition) is 4. The summed E-state index contributed by atoms with van der Waals surface area (Å²) < 4.78 is 0. The van der Waals surface area contributed by atoms with Gasteiger partial charge in [-0.2, -0.15) is 0 Å². The molecule has 4 saturated carbocycles. The number of fused-ring (bicyclic) bond motifs is 7. The fraction of sp³-hybridized carbons (Fsp3) is 0.762. The lowest BCUT2D eigenvalue weighted by Crippen LogP contribution is -2.66. The van der Waals surface area contributed by atoms with Crippen molar-refractivity contribution in [2.24, 2.45) is 50.2 Å². The number of aliphatic hydroxyl groups is 1. The molecule has 7 rings (SSSR count). The molecule has 5 heteroatoms. The third-order valence-corrected chi connectivity index (χ3v) is 16.3. The molecule has 9 atom stereocenters. The van der Waals surface area contributed by atoms with E-state index in [0.29, 0.717) is 11.7 Å². The number of benzene rings is 1. The van der Waals surface area contributed by atoms with Gasteiger partial charge in [0.2, 0.25) is 5.91 Å². The van der Waals surface area contributed by atoms with Crippen molar-refractivity contribution in [3.63, 3.8) is 0 Å². The Balaban J connectivity index is 1.10. The van der Waals surface area contributed by atoms with Crippen LogP contribution in [0.25, 0.3) is 0 Å². The van der Waals surface area contributed by atoms with Crippen molar-refractivity contribution in [1.82, 2.24) is 10.2 Å². The second kappa shape index (κ2) is 11.3. The fourth-order valence-electron chi connectivity index (χ4n) is 12.8. The van der Waals surface area contributed by atoms with Crippen molar-refractivity contribution in [2.45, 2.75) is 138 Å². The molecule has 5 fully saturated rings. The minimum Gasteiger partial charge on any atom is -0.393 e. The Morgan fingerprint density at radius 3 is 2.26 bits per heavy atom. The van der Waals surface area contributed by atoms with Gasteiger partial charge in [-0.15, -0.1) is 0 Å². The summed E-state index contributed by atoms with van der Waals surface area (Å²) in [5.74, 6) is 1.17. The number of amides is 1. The first kappa shape index (κ1) is 33.5. The van der Waals surface area contributed by atoms with E-state index in [1.54, 1.807) is 0 Å². The van der Waals surface area contributed by atoms with Crippen LogP contribution in [-0.4, -0.2) is 46.9 Å². The van der Waals surface area contributed by atoms with Crippen LogP contribution in [0.4, 0.5) is 0 Å². The minimum absolute atomic E-state index is 0.00957. The Morgan fingerprint density at radius 1 is 0.872 bits per heavy atom. The summed E-state index contributed by atoms with van der Waals surface area (Å²) in [5.41, 5.74) is 2.01. The molecule has 1 amide bonds. The molecule has 2 N–H and O–H groups in total. The second-order valence-corrected chi connectivity index (χ2v) is 19.1. The van der Waals surface area contributed by atoms with Crippen LogP contribution in [0, 0.1) is 50.2 Å². The maximum atomic E-state index is 14.6. The average Bonchev–Trinajstić information content (AvgIpc) is 3.02. The molecule has 1 aromatic carbocycles. The number of carbonyl (C=O) groups is 2. The third kappa shape index (κ3) is 5.05. The van der Waals surface area contributed by atoms with Gasteiger partial charge in [-0.1, -0.05) is 84.4 Å². The topological polar surface area (TPSA) is 69.6 Å². The van der Waals surface area contributed by atoms with Crippen LogP contribution in [0.3, 0.4) is 0 Å². The first-order valence-electron chi connectivity index (χ1n) is 19.1. The first-order valence-corrected chi connectivity index (χ1v) is 19.1. The van der Waals surface area contributed by atoms with Gasteiger partial charge in [-0.05, 0) is 121 Å². The fourth-order valence-corrected chi connectivity index (χ4v) is 12.8. The molecule has 258 valence electrons. The number of allylic oxidation sites excluding steroid dienone is 2. The quantitative estimate of drug-likeness (QED) is 0.348. The molecule has 0 aromatic heterocycles. The average molecular weight is 643 g/mol. The highest BCUT2D eigenvalue weighted by molar-refractivity contribution is 5.95. The number of rotatable bonds is 4. The molecular weight excluding hydrogens is 580 g/mol. The predicted octanol–water partition coefficient (Wildman–Crippen LogP) is 8.11. The van der Waals surface area contributed by atoms with Crippen molar-refractivity contribution in [1.29, 1.82) is 0 Å². The minimum atomic E-state index is -0.418. The zero-order chi connectivity index (χ0) is 33.6. The van der Waals surface area contributed by atoms with Gasteiger partial charge in [0.1, 0.15) is 0 Å². The molecule has 0 spiro atoms. The molecule has 6 aliphatic rings. The lowest BCUT2D eigenvalue weighted by Gasteiger charge is -2.70. The summed E-state index contributed by atoms with van der Waals surface area (Å²) in [6.07, 6.45) is 12.8. The maximum absolute atomic E-state index is 14.6. The Labute approximate surface area is 284 Å². The molecule has 1 heterocycles. The van der Waals surface area contributed by atoms with Gasteiger partial charge in [0.05, 0.1) is 6.10 Å². The zero-order valence-electron chi connectivity index (χ0n) is 30.5. The summed E-state index contributed by atoms with van der Waals surface area (Å²) in [7, 11) is 0. The van der Waals surface area contributed by atoms with Gasteiger partial charge in [-0.3, -0.25) is 14.5 Å². The van der Waals surface area contributed by atoms with E-state index < -0.39 is 5.41 Å². The SMILES string of the molecule is CC1(C)[C@@H](O)CC[C@]2(C)[C@H]3C(=O)C=C4[C@@H]5C[C@@](C)(C(=O)NC6CCN(Cc7ccccc7)CC6)CC[C@]5(C)CC[C@@]4(C)[C@]3(C)CC[C@@H]12. The maximum Gasteiger partial charge on any atom is 0.226 e. The first-order chi connectivity index (χ1) is 22.1. The molecule has 0 radical (unpaired) electrons. The number of hydrogen-bond donors (Lipinski definition) is 2. The predicted molar refractivity (Wildman–Crippen MR) is 188 cm³/mol. The van der Waals surface area contributed by atoms with E-state index in [1.165, 1.54) is 17.6 Å². The Hall–Kier alpha value is -1.98. The highest BCUT2D eigenvalue weighted by Crippen LogP contribution is 2.75. The molecule has 5 nitrogen and oxygen atoms in total. The lowest BCUT2D eigenvalue weighted by molar-refractivity contribution is -0.202. The number of nitrogens with zero attached hydrogens (tertiary/aromatic N) is 1. The van der Waals surface area contributed by atoms with Gasteiger partial charge in [0, 0.05) is 37.0 Å². The Morgan fingerprint density at radius 2 is 1.55 bits per heavy atom. The normalized spacial score (nSPS) is 45.1. The van der Waals surface area contributed by atoms with E-state index in [2.05, 4.69) is 95.1 Å². The molecule has 5 aliphatic carbocycles. The molecule has 1 aliphatic heterocycles. The van der Waals surface area contributed by atoms with Crippen molar-refractivity contribution in [2.75, 3.05) is 13.1 Å². The van der Waals surface area contributed by atoms with E-state index in [0.717, 1.165) is 83.8 Å². The summed E-state index contributed by atoms with van der Waals surface area (Å²) >= 11 is 0. The molecule has 0 bridgehead atoms. The summed E-state index contributed by atoms with van der Waals surface area (Å²) in [6, 6.07) is 10.9. The molecule has 1 aromatic rings. The van der Waals surface area contributed by atoms with Crippen molar-refractivity contribution >= 4 is 11.7 Å². The van der Waals surface area contributed by atoms with Gasteiger partial charge in [-0.25, -0.2) is 0 Å². The highest BCUT2D eigenvalue weighted by atomic mass is 16.3. The van der Waals surface area contributed by atoms with Crippen molar-refractivity contribution < 1.29 is 14.7 Å². The zero-order valence-corrected chi connectivity index (χ0v) is 30.5. The van der Waals surface area contributed by atoms with Crippen molar-refractivity contribution in [3.8, 4) is 0 Å². The van der Waals surface area contributed by atoms with Gasteiger partial charge < -0.3 is 10.4 Å². The molecule has 0 unspecified atom stereocenters. The molecule has 47 heavy (non-hydrogen) atoms.